The van der Waals surface area contributed by atoms with Crippen molar-refractivity contribution in [3.8, 4) is 5.75 Å². The van der Waals surface area contributed by atoms with Gasteiger partial charge in [0, 0.05) is 17.4 Å². The Kier molecular flexibility index (Phi) is 3.50. The number of aryl methyl sites for hydroxylation is 2. The van der Waals surface area contributed by atoms with E-state index >= 15 is 0 Å². The molecule has 0 bridgehead atoms. The number of nitrogens with one attached hydrogen (secondary N) is 2. The van der Waals surface area contributed by atoms with Gasteiger partial charge in [0.25, 0.3) is 5.91 Å². The summed E-state index contributed by atoms with van der Waals surface area (Å²) in [6, 6.07) is 13.9. The second-order valence-corrected chi connectivity index (χ2v) is 5.90. The molecule has 0 unspecified atom stereocenters. The number of amides is 1. The summed E-state index contributed by atoms with van der Waals surface area (Å²) in [6.45, 7) is 0.0154. The average Bonchev–Trinajstić information content (AvgIpc) is 3.20. The van der Waals surface area contributed by atoms with Crippen LogP contribution >= 0.6 is 0 Å². The van der Waals surface area contributed by atoms with E-state index in [1.165, 1.54) is 17.5 Å². The van der Waals surface area contributed by atoms with Crippen LogP contribution in [-0.2, 0) is 17.6 Å². The molecule has 23 heavy (non-hydrogen) atoms. The van der Waals surface area contributed by atoms with Gasteiger partial charge >= 0.3 is 0 Å². The SMILES string of the molecule is O=C(COc1ccc2c(c1)CCC2)Nc1ccc2cc[nH]c2c1. The first-order chi connectivity index (χ1) is 11.3. The number of anilines is 1. The number of carbonyl (C=O) groups excluding carboxylic acids is 1. The van der Waals surface area contributed by atoms with Gasteiger partial charge in [-0.1, -0.05) is 12.1 Å². The Labute approximate surface area is 134 Å². The third kappa shape index (κ3) is 2.93. The smallest absolute Gasteiger partial charge is 0.262 e. The molecule has 4 rings (SSSR count). The van der Waals surface area contributed by atoms with E-state index in [-0.39, 0.29) is 12.5 Å². The zero-order valence-electron chi connectivity index (χ0n) is 12.8. The molecule has 0 fully saturated rings. The Bertz CT molecular complexity index is 867. The standard InChI is InChI=1S/C19H18N2O2/c22-19(21-16-6-4-14-8-9-20-18(14)11-16)12-23-17-7-5-13-2-1-3-15(13)10-17/h4-11,20H,1-3,12H2,(H,21,22). The van der Waals surface area contributed by atoms with Crippen molar-refractivity contribution in [2.24, 2.45) is 0 Å². The molecule has 0 aliphatic heterocycles. The number of H-pyrrole nitrogens is 1. The summed E-state index contributed by atoms with van der Waals surface area (Å²) in [5.41, 5.74) is 4.52. The highest BCUT2D eigenvalue weighted by Crippen LogP contribution is 2.26. The molecule has 1 amide bonds. The van der Waals surface area contributed by atoms with E-state index in [1.54, 1.807) is 0 Å². The Morgan fingerprint density at radius 1 is 1.09 bits per heavy atom. The van der Waals surface area contributed by atoms with Gasteiger partial charge in [-0.25, -0.2) is 0 Å². The Balaban J connectivity index is 1.38. The van der Waals surface area contributed by atoms with Gasteiger partial charge in [-0.05, 0) is 66.1 Å². The number of aromatic nitrogens is 1. The van der Waals surface area contributed by atoms with Gasteiger partial charge in [-0.15, -0.1) is 0 Å². The van der Waals surface area contributed by atoms with Gasteiger partial charge in [-0.3, -0.25) is 4.79 Å². The molecule has 4 heteroatoms. The zero-order chi connectivity index (χ0) is 15.6. The molecule has 1 heterocycles. The third-order valence-electron chi connectivity index (χ3n) is 4.28. The van der Waals surface area contributed by atoms with Crippen LogP contribution in [0.5, 0.6) is 5.75 Å². The van der Waals surface area contributed by atoms with Crippen LogP contribution in [0.4, 0.5) is 5.69 Å². The Hall–Kier alpha value is -2.75. The molecule has 0 saturated heterocycles. The van der Waals surface area contributed by atoms with Gasteiger partial charge in [0.2, 0.25) is 0 Å². The second-order valence-electron chi connectivity index (χ2n) is 5.90. The van der Waals surface area contributed by atoms with Crippen molar-refractivity contribution in [2.75, 3.05) is 11.9 Å². The van der Waals surface area contributed by atoms with Gasteiger partial charge in [-0.2, -0.15) is 0 Å². The lowest BCUT2D eigenvalue weighted by Gasteiger charge is -2.09. The van der Waals surface area contributed by atoms with E-state index in [9.17, 15) is 4.79 Å². The molecule has 4 nitrogen and oxygen atoms in total. The molecule has 116 valence electrons. The summed E-state index contributed by atoms with van der Waals surface area (Å²) < 4.78 is 5.62. The number of fused-ring (bicyclic) bond motifs is 2. The van der Waals surface area contributed by atoms with Crippen molar-refractivity contribution in [1.82, 2.24) is 4.98 Å². The highest BCUT2D eigenvalue weighted by Gasteiger charge is 2.12. The van der Waals surface area contributed by atoms with Crippen LogP contribution in [0.15, 0.2) is 48.7 Å². The van der Waals surface area contributed by atoms with E-state index in [0.717, 1.165) is 35.2 Å². The van der Waals surface area contributed by atoms with Crippen LogP contribution in [0.2, 0.25) is 0 Å². The maximum Gasteiger partial charge on any atom is 0.262 e. The van der Waals surface area contributed by atoms with Crippen molar-refractivity contribution in [3.05, 3.63) is 59.8 Å². The Morgan fingerprint density at radius 2 is 2.00 bits per heavy atom. The highest BCUT2D eigenvalue weighted by atomic mass is 16.5. The van der Waals surface area contributed by atoms with Crippen LogP contribution in [-0.4, -0.2) is 17.5 Å². The van der Waals surface area contributed by atoms with E-state index in [4.69, 9.17) is 4.74 Å². The fourth-order valence-electron chi connectivity index (χ4n) is 3.11. The lowest BCUT2D eigenvalue weighted by Crippen LogP contribution is -2.20. The summed E-state index contributed by atoms with van der Waals surface area (Å²) in [7, 11) is 0. The summed E-state index contributed by atoms with van der Waals surface area (Å²) in [4.78, 5) is 15.2. The molecule has 1 aliphatic rings. The minimum absolute atomic E-state index is 0.0154. The van der Waals surface area contributed by atoms with E-state index in [0.29, 0.717) is 0 Å². The molecule has 2 N–H and O–H groups in total. The zero-order valence-corrected chi connectivity index (χ0v) is 12.8. The lowest BCUT2D eigenvalue weighted by atomic mass is 10.1. The van der Waals surface area contributed by atoms with Crippen molar-refractivity contribution >= 4 is 22.5 Å². The topological polar surface area (TPSA) is 54.1 Å². The molecule has 0 saturated carbocycles. The summed E-state index contributed by atoms with van der Waals surface area (Å²) in [6.07, 6.45) is 5.35. The molecule has 0 atom stereocenters. The van der Waals surface area contributed by atoms with Crippen molar-refractivity contribution < 1.29 is 9.53 Å². The lowest BCUT2D eigenvalue weighted by molar-refractivity contribution is -0.118. The maximum absolute atomic E-state index is 12.0. The molecule has 1 aliphatic carbocycles. The largest absolute Gasteiger partial charge is 0.484 e. The predicted molar refractivity (Wildman–Crippen MR) is 90.9 cm³/mol. The maximum atomic E-state index is 12.0. The third-order valence-corrected chi connectivity index (χ3v) is 4.28. The summed E-state index contributed by atoms with van der Waals surface area (Å²) in [5, 5.41) is 3.99. The van der Waals surface area contributed by atoms with Gasteiger partial charge in [0.1, 0.15) is 5.75 Å². The molecule has 2 aromatic carbocycles. The average molecular weight is 306 g/mol. The normalized spacial score (nSPS) is 13.0. The quantitative estimate of drug-likeness (QED) is 0.772. The first kappa shape index (κ1) is 13.9. The van der Waals surface area contributed by atoms with E-state index < -0.39 is 0 Å². The van der Waals surface area contributed by atoms with E-state index in [1.807, 2.05) is 36.5 Å². The van der Waals surface area contributed by atoms with Crippen molar-refractivity contribution in [1.29, 1.82) is 0 Å². The first-order valence-electron chi connectivity index (χ1n) is 7.89. The fourth-order valence-corrected chi connectivity index (χ4v) is 3.11. The van der Waals surface area contributed by atoms with Crippen LogP contribution < -0.4 is 10.1 Å². The first-order valence-corrected chi connectivity index (χ1v) is 7.89. The molecular formula is C19H18N2O2. The summed E-state index contributed by atoms with van der Waals surface area (Å²) >= 11 is 0. The number of hydrogen-bond donors (Lipinski definition) is 2. The molecule has 0 radical (unpaired) electrons. The highest BCUT2D eigenvalue weighted by molar-refractivity contribution is 5.94. The van der Waals surface area contributed by atoms with Crippen LogP contribution in [0.1, 0.15) is 17.5 Å². The van der Waals surface area contributed by atoms with E-state index in [2.05, 4.69) is 22.4 Å². The minimum atomic E-state index is -0.156. The molecule has 3 aromatic rings. The van der Waals surface area contributed by atoms with Crippen LogP contribution in [0.25, 0.3) is 10.9 Å². The number of carbonyl (C=O) groups is 1. The number of hydrogen-bond acceptors (Lipinski definition) is 2. The van der Waals surface area contributed by atoms with Crippen molar-refractivity contribution in [3.63, 3.8) is 0 Å². The van der Waals surface area contributed by atoms with Gasteiger partial charge in [0.15, 0.2) is 6.61 Å². The molecule has 0 spiro atoms. The van der Waals surface area contributed by atoms with Gasteiger partial charge in [0.05, 0.1) is 0 Å². The number of benzene rings is 2. The summed E-state index contributed by atoms with van der Waals surface area (Å²) in [5.74, 6) is 0.608. The number of aromatic amines is 1. The molecule has 1 aromatic heterocycles. The Morgan fingerprint density at radius 3 is 2.96 bits per heavy atom. The monoisotopic (exact) mass is 306 g/mol. The second kappa shape index (κ2) is 5.80. The number of rotatable bonds is 4. The fraction of sp³-hybridized carbons (Fsp3) is 0.211. The van der Waals surface area contributed by atoms with Crippen LogP contribution in [0.3, 0.4) is 0 Å². The van der Waals surface area contributed by atoms with Crippen LogP contribution in [0, 0.1) is 0 Å². The van der Waals surface area contributed by atoms with Gasteiger partial charge < -0.3 is 15.0 Å². The minimum Gasteiger partial charge on any atom is -0.484 e. The molecular weight excluding hydrogens is 288 g/mol. The number of ether oxygens (including phenoxy) is 1. The van der Waals surface area contributed by atoms with Crippen molar-refractivity contribution in [2.45, 2.75) is 19.3 Å². The predicted octanol–water partition coefficient (Wildman–Crippen LogP) is 3.67.